The van der Waals surface area contributed by atoms with Crippen molar-refractivity contribution in [2.75, 3.05) is 7.11 Å². The number of ether oxygens (including phenoxy) is 1. The Hall–Kier alpha value is -3.29. The SMILES string of the molecule is COc1cccc(-n2ccc3c(nnc4ncnn43)c2=O)c1. The molecule has 4 rings (SSSR count). The van der Waals surface area contributed by atoms with E-state index in [1.54, 1.807) is 25.4 Å². The molecule has 3 aromatic heterocycles. The molecular formula is C14H10N6O2. The van der Waals surface area contributed by atoms with Crippen LogP contribution in [0.5, 0.6) is 5.75 Å². The van der Waals surface area contributed by atoms with Crippen molar-refractivity contribution in [3.63, 3.8) is 0 Å². The standard InChI is InChI=1S/C14H10N6O2/c1-22-10-4-2-3-9(7-10)19-6-5-11-12(13(19)21)17-18-14-15-8-16-20(11)14/h2-8H,1H3. The van der Waals surface area contributed by atoms with Gasteiger partial charge in [-0.05, 0) is 18.2 Å². The number of benzene rings is 1. The largest absolute Gasteiger partial charge is 0.497 e. The van der Waals surface area contributed by atoms with E-state index in [0.29, 0.717) is 22.7 Å². The first-order valence-electron chi connectivity index (χ1n) is 6.50. The maximum atomic E-state index is 12.7. The van der Waals surface area contributed by atoms with Gasteiger partial charge in [0.2, 0.25) is 0 Å². The van der Waals surface area contributed by atoms with Crippen LogP contribution >= 0.6 is 0 Å². The van der Waals surface area contributed by atoms with Crippen LogP contribution in [-0.4, -0.2) is 36.5 Å². The van der Waals surface area contributed by atoms with Crippen molar-refractivity contribution in [3.8, 4) is 11.4 Å². The second kappa shape index (κ2) is 4.62. The van der Waals surface area contributed by atoms with Crippen LogP contribution in [0.25, 0.3) is 22.5 Å². The molecule has 0 N–H and O–H groups in total. The van der Waals surface area contributed by atoms with Crippen LogP contribution in [0.15, 0.2) is 47.7 Å². The zero-order chi connectivity index (χ0) is 15.1. The van der Waals surface area contributed by atoms with Gasteiger partial charge in [-0.2, -0.15) is 14.6 Å². The molecular weight excluding hydrogens is 284 g/mol. The van der Waals surface area contributed by atoms with E-state index < -0.39 is 0 Å². The van der Waals surface area contributed by atoms with E-state index in [4.69, 9.17) is 4.74 Å². The summed E-state index contributed by atoms with van der Waals surface area (Å²) in [6, 6.07) is 8.98. The highest BCUT2D eigenvalue weighted by Crippen LogP contribution is 2.16. The Morgan fingerprint density at radius 3 is 2.95 bits per heavy atom. The van der Waals surface area contributed by atoms with Crippen molar-refractivity contribution in [1.82, 2.24) is 29.4 Å². The molecule has 0 aliphatic heterocycles. The second-order valence-corrected chi connectivity index (χ2v) is 4.60. The third-order valence-corrected chi connectivity index (χ3v) is 3.37. The lowest BCUT2D eigenvalue weighted by molar-refractivity contribution is 0.414. The van der Waals surface area contributed by atoms with Gasteiger partial charge in [0, 0.05) is 12.3 Å². The van der Waals surface area contributed by atoms with Crippen molar-refractivity contribution >= 4 is 16.8 Å². The van der Waals surface area contributed by atoms with Gasteiger partial charge in [-0.3, -0.25) is 9.36 Å². The number of pyridine rings is 1. The number of aromatic nitrogens is 6. The van der Waals surface area contributed by atoms with Gasteiger partial charge in [0.1, 0.15) is 17.6 Å². The number of hydrogen-bond acceptors (Lipinski definition) is 6. The Balaban J connectivity index is 2.01. The van der Waals surface area contributed by atoms with E-state index in [-0.39, 0.29) is 11.1 Å². The van der Waals surface area contributed by atoms with E-state index in [9.17, 15) is 4.79 Å². The lowest BCUT2D eigenvalue weighted by atomic mass is 10.3. The van der Waals surface area contributed by atoms with Crippen molar-refractivity contribution < 1.29 is 4.74 Å². The van der Waals surface area contributed by atoms with Crippen LogP contribution in [0.1, 0.15) is 0 Å². The molecule has 0 saturated heterocycles. The summed E-state index contributed by atoms with van der Waals surface area (Å²) in [5, 5.41) is 11.9. The number of nitrogens with zero attached hydrogens (tertiary/aromatic N) is 6. The number of fused-ring (bicyclic) bond motifs is 3. The fourth-order valence-electron chi connectivity index (χ4n) is 2.31. The summed E-state index contributed by atoms with van der Waals surface area (Å²) in [5.41, 5.74) is 1.19. The molecule has 3 heterocycles. The number of hydrogen-bond donors (Lipinski definition) is 0. The first-order chi connectivity index (χ1) is 10.8. The summed E-state index contributed by atoms with van der Waals surface area (Å²) in [7, 11) is 1.58. The van der Waals surface area contributed by atoms with Gasteiger partial charge in [0.15, 0.2) is 5.52 Å². The fraction of sp³-hybridized carbons (Fsp3) is 0.0714. The molecule has 0 unspecified atom stereocenters. The smallest absolute Gasteiger partial charge is 0.285 e. The van der Waals surface area contributed by atoms with Crippen LogP contribution in [0.3, 0.4) is 0 Å². The lowest BCUT2D eigenvalue weighted by Gasteiger charge is -2.08. The molecule has 0 saturated carbocycles. The molecule has 0 spiro atoms. The molecule has 108 valence electrons. The van der Waals surface area contributed by atoms with Gasteiger partial charge in [-0.15, -0.1) is 10.2 Å². The number of methoxy groups -OCH3 is 1. The summed E-state index contributed by atoms with van der Waals surface area (Å²) in [6.07, 6.45) is 3.04. The van der Waals surface area contributed by atoms with Crippen LogP contribution in [0.2, 0.25) is 0 Å². The van der Waals surface area contributed by atoms with Crippen LogP contribution < -0.4 is 10.3 Å². The van der Waals surface area contributed by atoms with Gasteiger partial charge in [0.25, 0.3) is 11.3 Å². The predicted molar refractivity (Wildman–Crippen MR) is 78.2 cm³/mol. The third-order valence-electron chi connectivity index (χ3n) is 3.37. The molecule has 8 nitrogen and oxygen atoms in total. The molecule has 0 fully saturated rings. The summed E-state index contributed by atoms with van der Waals surface area (Å²) < 4.78 is 8.16. The minimum absolute atomic E-state index is 0.225. The molecule has 4 aromatic rings. The van der Waals surface area contributed by atoms with Crippen molar-refractivity contribution in [1.29, 1.82) is 0 Å². The van der Waals surface area contributed by atoms with E-state index in [1.807, 2.05) is 18.2 Å². The Morgan fingerprint density at radius 2 is 2.09 bits per heavy atom. The first kappa shape index (κ1) is 12.5. The minimum Gasteiger partial charge on any atom is -0.497 e. The summed E-state index contributed by atoms with van der Waals surface area (Å²) in [5.74, 6) is 1.02. The minimum atomic E-state index is -0.282. The van der Waals surface area contributed by atoms with Gasteiger partial charge >= 0.3 is 0 Å². The van der Waals surface area contributed by atoms with Gasteiger partial charge in [-0.1, -0.05) is 6.07 Å². The normalized spacial score (nSPS) is 11.1. The van der Waals surface area contributed by atoms with Gasteiger partial charge in [-0.25, -0.2) is 0 Å². The first-order valence-corrected chi connectivity index (χ1v) is 6.50. The summed E-state index contributed by atoms with van der Waals surface area (Å²) >= 11 is 0. The van der Waals surface area contributed by atoms with Gasteiger partial charge < -0.3 is 4.74 Å². The molecule has 0 bridgehead atoms. The third kappa shape index (κ3) is 1.74. The van der Waals surface area contributed by atoms with Crippen molar-refractivity contribution in [3.05, 3.63) is 53.2 Å². The summed E-state index contributed by atoms with van der Waals surface area (Å²) in [6.45, 7) is 0. The maximum absolute atomic E-state index is 12.7. The monoisotopic (exact) mass is 294 g/mol. The highest BCUT2D eigenvalue weighted by Gasteiger charge is 2.11. The van der Waals surface area contributed by atoms with Crippen LogP contribution in [-0.2, 0) is 0 Å². The highest BCUT2D eigenvalue weighted by atomic mass is 16.5. The maximum Gasteiger partial charge on any atom is 0.285 e. The van der Waals surface area contributed by atoms with Gasteiger partial charge in [0.05, 0.1) is 12.8 Å². The van der Waals surface area contributed by atoms with E-state index in [2.05, 4.69) is 20.3 Å². The predicted octanol–water partition coefficient (Wildman–Crippen LogP) is 0.832. The van der Waals surface area contributed by atoms with E-state index in [0.717, 1.165) is 0 Å². The Kier molecular flexibility index (Phi) is 2.62. The fourth-order valence-corrected chi connectivity index (χ4v) is 2.31. The zero-order valence-corrected chi connectivity index (χ0v) is 11.5. The molecule has 1 aromatic carbocycles. The van der Waals surface area contributed by atoms with E-state index >= 15 is 0 Å². The topological polar surface area (TPSA) is 87.2 Å². The number of rotatable bonds is 2. The second-order valence-electron chi connectivity index (χ2n) is 4.60. The van der Waals surface area contributed by atoms with Crippen molar-refractivity contribution in [2.24, 2.45) is 0 Å². The molecule has 0 aliphatic rings. The zero-order valence-electron chi connectivity index (χ0n) is 11.5. The molecule has 0 amide bonds. The Labute approximate surface area is 123 Å². The molecule has 22 heavy (non-hydrogen) atoms. The van der Waals surface area contributed by atoms with Crippen molar-refractivity contribution in [2.45, 2.75) is 0 Å². The quantitative estimate of drug-likeness (QED) is 0.544. The van der Waals surface area contributed by atoms with Crippen LogP contribution in [0.4, 0.5) is 0 Å². The molecule has 8 heteroatoms. The molecule has 0 aliphatic carbocycles. The highest BCUT2D eigenvalue weighted by molar-refractivity contribution is 5.74. The molecule has 0 radical (unpaired) electrons. The average Bonchev–Trinajstić information content (AvgIpc) is 3.04. The molecule has 0 atom stereocenters. The Bertz CT molecular complexity index is 1050. The lowest BCUT2D eigenvalue weighted by Crippen LogP contribution is -2.20. The van der Waals surface area contributed by atoms with E-state index in [1.165, 1.54) is 15.4 Å². The Morgan fingerprint density at radius 1 is 1.18 bits per heavy atom. The van der Waals surface area contributed by atoms with Crippen LogP contribution in [0, 0.1) is 0 Å². The average molecular weight is 294 g/mol. The summed E-state index contributed by atoms with van der Waals surface area (Å²) in [4.78, 5) is 16.6.